The number of benzene rings is 2. The van der Waals surface area contributed by atoms with Gasteiger partial charge in [-0.05, 0) is 54.0 Å². The molecule has 4 aromatic rings. The number of nitrogens with two attached hydrogens (primary N) is 1. The lowest BCUT2D eigenvalue weighted by atomic mass is 9.93. The van der Waals surface area contributed by atoms with Gasteiger partial charge in [-0.25, -0.2) is 9.37 Å². The highest BCUT2D eigenvalue weighted by molar-refractivity contribution is 6.09. The molecule has 6 rings (SSSR count). The van der Waals surface area contributed by atoms with E-state index >= 15 is 4.39 Å². The minimum Gasteiger partial charge on any atom is -0.392 e. The number of fused-ring (bicyclic) bond motifs is 1. The van der Waals surface area contributed by atoms with E-state index in [0.717, 1.165) is 29.5 Å². The van der Waals surface area contributed by atoms with E-state index in [-0.39, 0.29) is 22.9 Å². The summed E-state index contributed by atoms with van der Waals surface area (Å²) in [4.78, 5) is 39.9. The Labute approximate surface area is 223 Å². The number of aryl methyl sites for hydroxylation is 1. The lowest BCUT2D eigenvalue weighted by Crippen LogP contribution is -2.39. The first-order valence-electron chi connectivity index (χ1n) is 12.9. The fourth-order valence-corrected chi connectivity index (χ4v) is 5.25. The number of amides is 1. The number of rotatable bonds is 6. The summed E-state index contributed by atoms with van der Waals surface area (Å²) in [6.07, 6.45) is 4.63. The molecule has 2 aliphatic rings. The summed E-state index contributed by atoms with van der Waals surface area (Å²) in [6.45, 7) is -0.0415. The third kappa shape index (κ3) is 4.67. The summed E-state index contributed by atoms with van der Waals surface area (Å²) in [5.41, 5.74) is 9.88. The number of aliphatic hydroxyl groups is 1. The Morgan fingerprint density at radius 1 is 1.10 bits per heavy atom. The summed E-state index contributed by atoms with van der Waals surface area (Å²) in [5, 5.41) is 10.4. The van der Waals surface area contributed by atoms with Crippen molar-refractivity contribution < 1.29 is 14.3 Å². The molecular weight excluding hydrogens is 499 g/mol. The van der Waals surface area contributed by atoms with Gasteiger partial charge in [0.1, 0.15) is 11.6 Å². The molecule has 198 valence electrons. The van der Waals surface area contributed by atoms with Crippen molar-refractivity contribution in [1.29, 1.82) is 0 Å². The van der Waals surface area contributed by atoms with Crippen LogP contribution in [-0.2, 0) is 26.5 Å². The predicted octanol–water partition coefficient (Wildman–Crippen LogP) is 3.12. The van der Waals surface area contributed by atoms with E-state index in [2.05, 4.69) is 15.0 Å². The van der Waals surface area contributed by atoms with E-state index in [9.17, 15) is 14.7 Å². The predicted molar refractivity (Wildman–Crippen MR) is 144 cm³/mol. The summed E-state index contributed by atoms with van der Waals surface area (Å²) < 4.78 is 16.6. The highest BCUT2D eigenvalue weighted by atomic mass is 19.1. The number of carbonyl (C=O) groups is 1. The van der Waals surface area contributed by atoms with E-state index in [1.54, 1.807) is 37.5 Å². The van der Waals surface area contributed by atoms with Crippen LogP contribution in [0.4, 0.5) is 16.0 Å². The van der Waals surface area contributed by atoms with Gasteiger partial charge in [-0.1, -0.05) is 24.3 Å². The average molecular weight is 527 g/mol. The molecule has 0 radical (unpaired) electrons. The molecule has 1 saturated carbocycles. The number of hydrogen-bond donors (Lipinski definition) is 2. The number of aliphatic hydroxyl groups excluding tert-OH is 1. The summed E-state index contributed by atoms with van der Waals surface area (Å²) in [5.74, 6) is 0.0978. The molecule has 2 aromatic carbocycles. The van der Waals surface area contributed by atoms with Crippen LogP contribution in [0.2, 0.25) is 0 Å². The standard InChI is InChI=1S/C29H27FN6O3/c1-35-14-16(5-8-25(35)38)11-24-32-27(34-29(31)33-24)20-3-2-4-23(21(20)15-37)36-10-9-18-12-19(17-6-7-17)13-22(30)26(18)28(36)39/h2-5,8,12-14,17,37H,6-7,9-11,15H2,1H3,(H2,31,32,33,34). The Bertz CT molecular complexity index is 1680. The summed E-state index contributed by atoms with van der Waals surface area (Å²) in [6, 6.07) is 11.8. The zero-order valence-corrected chi connectivity index (χ0v) is 21.4. The molecule has 1 aliphatic heterocycles. The minimum atomic E-state index is -0.501. The fraction of sp³-hybridized carbons (Fsp3) is 0.276. The molecule has 2 aromatic heterocycles. The lowest BCUT2D eigenvalue weighted by molar-refractivity contribution is 0.0976. The Kier molecular flexibility index (Phi) is 6.19. The number of anilines is 2. The van der Waals surface area contributed by atoms with E-state index < -0.39 is 18.3 Å². The third-order valence-electron chi connectivity index (χ3n) is 7.36. The van der Waals surface area contributed by atoms with E-state index in [4.69, 9.17) is 5.73 Å². The summed E-state index contributed by atoms with van der Waals surface area (Å²) >= 11 is 0. The molecule has 1 aliphatic carbocycles. The van der Waals surface area contributed by atoms with Crippen molar-refractivity contribution in [3.8, 4) is 11.4 Å². The topological polar surface area (TPSA) is 127 Å². The number of hydrogen-bond acceptors (Lipinski definition) is 7. The number of pyridine rings is 1. The van der Waals surface area contributed by atoms with Crippen LogP contribution in [-0.4, -0.2) is 37.1 Å². The van der Waals surface area contributed by atoms with Gasteiger partial charge < -0.3 is 20.3 Å². The van der Waals surface area contributed by atoms with Crippen LogP contribution < -0.4 is 16.2 Å². The van der Waals surface area contributed by atoms with Gasteiger partial charge in [0.15, 0.2) is 5.82 Å². The van der Waals surface area contributed by atoms with Crippen molar-refractivity contribution in [3.63, 3.8) is 0 Å². The second-order valence-corrected chi connectivity index (χ2v) is 10.1. The molecule has 1 amide bonds. The Morgan fingerprint density at radius 2 is 1.92 bits per heavy atom. The molecule has 1 fully saturated rings. The first kappa shape index (κ1) is 24.9. The van der Waals surface area contributed by atoms with Crippen molar-refractivity contribution in [3.05, 3.63) is 98.5 Å². The molecule has 0 saturated heterocycles. The van der Waals surface area contributed by atoms with Gasteiger partial charge in [-0.2, -0.15) is 9.97 Å². The van der Waals surface area contributed by atoms with Crippen molar-refractivity contribution in [2.75, 3.05) is 17.2 Å². The zero-order chi connectivity index (χ0) is 27.3. The van der Waals surface area contributed by atoms with Gasteiger partial charge in [0.2, 0.25) is 11.5 Å². The van der Waals surface area contributed by atoms with Crippen molar-refractivity contribution >= 4 is 17.5 Å². The number of halogens is 1. The molecule has 0 unspecified atom stereocenters. The monoisotopic (exact) mass is 526 g/mol. The smallest absolute Gasteiger partial charge is 0.261 e. The maximum atomic E-state index is 15.1. The van der Waals surface area contributed by atoms with Crippen LogP contribution >= 0.6 is 0 Å². The highest BCUT2D eigenvalue weighted by Crippen LogP contribution is 2.42. The Hall–Kier alpha value is -4.44. The van der Waals surface area contributed by atoms with Gasteiger partial charge in [-0.15, -0.1) is 0 Å². The Balaban J connectivity index is 1.36. The highest BCUT2D eigenvalue weighted by Gasteiger charge is 2.33. The number of carbonyl (C=O) groups excluding carboxylic acids is 1. The maximum Gasteiger partial charge on any atom is 0.261 e. The second kappa shape index (κ2) is 9.70. The van der Waals surface area contributed by atoms with E-state index in [1.807, 2.05) is 6.07 Å². The van der Waals surface area contributed by atoms with Crippen molar-refractivity contribution in [2.24, 2.45) is 7.05 Å². The zero-order valence-electron chi connectivity index (χ0n) is 21.4. The van der Waals surface area contributed by atoms with E-state index in [0.29, 0.717) is 47.9 Å². The number of aromatic nitrogens is 4. The molecule has 39 heavy (non-hydrogen) atoms. The van der Waals surface area contributed by atoms with Crippen LogP contribution in [0.3, 0.4) is 0 Å². The molecule has 0 atom stereocenters. The summed E-state index contributed by atoms with van der Waals surface area (Å²) in [7, 11) is 1.66. The third-order valence-corrected chi connectivity index (χ3v) is 7.36. The molecular formula is C29H27FN6O3. The van der Waals surface area contributed by atoms with Crippen LogP contribution in [0.5, 0.6) is 0 Å². The van der Waals surface area contributed by atoms with Crippen LogP contribution in [0.15, 0.2) is 53.5 Å². The first-order valence-corrected chi connectivity index (χ1v) is 12.9. The molecule has 3 N–H and O–H groups in total. The molecule has 10 heteroatoms. The number of nitrogens with zero attached hydrogens (tertiary/aromatic N) is 5. The second-order valence-electron chi connectivity index (χ2n) is 10.1. The van der Waals surface area contributed by atoms with Gasteiger partial charge in [-0.3, -0.25) is 9.59 Å². The average Bonchev–Trinajstić information content (AvgIpc) is 3.76. The van der Waals surface area contributed by atoms with Crippen LogP contribution in [0, 0.1) is 5.82 Å². The van der Waals surface area contributed by atoms with Crippen LogP contribution in [0.1, 0.15) is 57.2 Å². The van der Waals surface area contributed by atoms with Gasteiger partial charge in [0.25, 0.3) is 5.91 Å². The molecule has 9 nitrogen and oxygen atoms in total. The normalized spacial score (nSPS) is 14.9. The lowest BCUT2D eigenvalue weighted by Gasteiger charge is -2.31. The van der Waals surface area contributed by atoms with Gasteiger partial charge in [0, 0.05) is 43.4 Å². The largest absolute Gasteiger partial charge is 0.392 e. The van der Waals surface area contributed by atoms with E-state index in [1.165, 1.54) is 21.6 Å². The van der Waals surface area contributed by atoms with Crippen LogP contribution in [0.25, 0.3) is 11.4 Å². The molecule has 0 bridgehead atoms. The fourth-order valence-electron chi connectivity index (χ4n) is 5.25. The maximum absolute atomic E-state index is 15.1. The van der Waals surface area contributed by atoms with Crippen molar-refractivity contribution in [1.82, 2.24) is 19.5 Å². The van der Waals surface area contributed by atoms with Gasteiger partial charge >= 0.3 is 0 Å². The SMILES string of the molecule is Cn1cc(Cc2nc(N)nc(-c3cccc(N4CCc5cc(C6CC6)cc(F)c5C4=O)c3CO)n2)ccc1=O. The number of nitrogen functional groups attached to an aromatic ring is 1. The molecule has 0 spiro atoms. The molecule has 3 heterocycles. The van der Waals surface area contributed by atoms with Gasteiger partial charge in [0.05, 0.1) is 17.9 Å². The minimum absolute atomic E-state index is 0.00521. The van der Waals surface area contributed by atoms with Crippen molar-refractivity contribution in [2.45, 2.75) is 38.2 Å². The quantitative estimate of drug-likeness (QED) is 0.395. The Morgan fingerprint density at radius 3 is 2.67 bits per heavy atom. The first-order chi connectivity index (χ1) is 18.8.